The van der Waals surface area contributed by atoms with Crippen LogP contribution in [0.4, 0.5) is 5.69 Å². The van der Waals surface area contributed by atoms with Crippen molar-refractivity contribution < 1.29 is 9.53 Å². The summed E-state index contributed by atoms with van der Waals surface area (Å²) < 4.78 is 6.43. The summed E-state index contributed by atoms with van der Waals surface area (Å²) in [5.41, 5.74) is 1.94. The molecule has 1 amide bonds. The number of carbonyl (C=O) groups is 1. The molecule has 1 N–H and O–H groups in total. The second-order valence-corrected chi connectivity index (χ2v) is 6.22. The van der Waals surface area contributed by atoms with Gasteiger partial charge >= 0.3 is 0 Å². The molecule has 4 nitrogen and oxygen atoms in total. The van der Waals surface area contributed by atoms with Crippen molar-refractivity contribution in [1.82, 2.24) is 4.90 Å². The lowest BCUT2D eigenvalue weighted by atomic mass is 10.2. The Balaban J connectivity index is 1.82. The van der Waals surface area contributed by atoms with Crippen LogP contribution in [0.15, 0.2) is 53.0 Å². The van der Waals surface area contributed by atoms with Crippen LogP contribution in [0.3, 0.4) is 0 Å². The summed E-state index contributed by atoms with van der Waals surface area (Å²) in [6, 6.07) is 15.5. The van der Waals surface area contributed by atoms with Crippen molar-refractivity contribution in [3.05, 3.63) is 58.6 Å². The Bertz CT molecular complexity index is 626. The molecule has 5 heteroatoms. The van der Waals surface area contributed by atoms with Crippen LogP contribution >= 0.6 is 15.9 Å². The molecule has 0 spiro atoms. The molecule has 0 aliphatic carbocycles. The van der Waals surface area contributed by atoms with Gasteiger partial charge in [0.15, 0.2) is 0 Å². The molecule has 0 atom stereocenters. The summed E-state index contributed by atoms with van der Waals surface area (Å²) in [5.74, 6) is 0.770. The van der Waals surface area contributed by atoms with Gasteiger partial charge in [-0.3, -0.25) is 9.69 Å². The van der Waals surface area contributed by atoms with Crippen molar-refractivity contribution in [3.63, 3.8) is 0 Å². The first-order valence-electron chi connectivity index (χ1n) is 7.52. The third kappa shape index (κ3) is 6.04. The maximum atomic E-state index is 12.1. The molecule has 0 aliphatic rings. The number of benzene rings is 2. The lowest BCUT2D eigenvalue weighted by Gasteiger charge is -2.16. The number of nitrogens with one attached hydrogen (secondary N) is 1. The maximum Gasteiger partial charge on any atom is 0.238 e. The number of halogens is 1. The van der Waals surface area contributed by atoms with Crippen LogP contribution in [-0.2, 0) is 11.3 Å². The Labute approximate surface area is 145 Å². The first-order valence-corrected chi connectivity index (χ1v) is 8.32. The zero-order chi connectivity index (χ0) is 16.7. The van der Waals surface area contributed by atoms with E-state index in [1.807, 2.05) is 67.4 Å². The Morgan fingerprint density at radius 1 is 1.13 bits per heavy atom. The van der Waals surface area contributed by atoms with Crippen molar-refractivity contribution in [3.8, 4) is 5.75 Å². The maximum absolute atomic E-state index is 12.1. The minimum absolute atomic E-state index is 0.0335. The van der Waals surface area contributed by atoms with Gasteiger partial charge < -0.3 is 10.1 Å². The van der Waals surface area contributed by atoms with Crippen LogP contribution in [-0.4, -0.2) is 31.0 Å². The standard InChI is InChI=1S/C18H21BrN2O2/c1-3-23-17-10-8-16(9-11-17)20-18(22)13-21(2)12-14-4-6-15(19)7-5-14/h4-11H,3,12-13H2,1-2H3,(H,20,22). The van der Waals surface area contributed by atoms with Gasteiger partial charge in [0.25, 0.3) is 0 Å². The molecule has 23 heavy (non-hydrogen) atoms. The van der Waals surface area contributed by atoms with Crippen LogP contribution in [0.25, 0.3) is 0 Å². The van der Waals surface area contributed by atoms with E-state index >= 15 is 0 Å². The van der Waals surface area contributed by atoms with Gasteiger partial charge in [-0.15, -0.1) is 0 Å². The van der Waals surface area contributed by atoms with Gasteiger partial charge in [-0.1, -0.05) is 28.1 Å². The Hall–Kier alpha value is -1.85. The number of hydrogen-bond acceptors (Lipinski definition) is 3. The molecule has 0 radical (unpaired) electrons. The fourth-order valence-electron chi connectivity index (χ4n) is 2.20. The minimum atomic E-state index is -0.0335. The van der Waals surface area contributed by atoms with E-state index in [9.17, 15) is 4.79 Å². The van der Waals surface area contributed by atoms with Crippen LogP contribution < -0.4 is 10.1 Å². The van der Waals surface area contributed by atoms with Crippen LogP contribution in [0.1, 0.15) is 12.5 Å². The van der Waals surface area contributed by atoms with Gasteiger partial charge in [-0.25, -0.2) is 0 Å². The van der Waals surface area contributed by atoms with E-state index in [2.05, 4.69) is 21.2 Å². The van der Waals surface area contributed by atoms with Gasteiger partial charge in [0.2, 0.25) is 5.91 Å². The number of likely N-dealkylation sites (N-methyl/N-ethyl adjacent to an activating group) is 1. The Morgan fingerprint density at radius 3 is 2.39 bits per heavy atom. The van der Waals surface area contributed by atoms with Gasteiger partial charge in [0, 0.05) is 16.7 Å². The fourth-order valence-corrected chi connectivity index (χ4v) is 2.47. The summed E-state index contributed by atoms with van der Waals surface area (Å²) in [4.78, 5) is 14.1. The molecule has 2 aromatic carbocycles. The van der Waals surface area contributed by atoms with Gasteiger partial charge in [0.05, 0.1) is 13.2 Å². The first kappa shape index (κ1) is 17.5. The number of nitrogens with zero attached hydrogens (tertiary/aromatic N) is 1. The van der Waals surface area contributed by atoms with Gasteiger partial charge in [0.1, 0.15) is 5.75 Å². The molecular formula is C18H21BrN2O2. The second-order valence-electron chi connectivity index (χ2n) is 5.30. The van der Waals surface area contributed by atoms with E-state index in [0.717, 1.165) is 22.5 Å². The average Bonchev–Trinajstić information content (AvgIpc) is 2.51. The topological polar surface area (TPSA) is 41.6 Å². The zero-order valence-corrected chi connectivity index (χ0v) is 15.0. The molecule has 0 heterocycles. The van der Waals surface area contributed by atoms with Gasteiger partial charge in [-0.2, -0.15) is 0 Å². The van der Waals surface area contributed by atoms with E-state index in [0.29, 0.717) is 13.2 Å². The van der Waals surface area contributed by atoms with Crippen molar-refractivity contribution in [2.75, 3.05) is 25.5 Å². The molecule has 2 aromatic rings. The smallest absolute Gasteiger partial charge is 0.238 e. The lowest BCUT2D eigenvalue weighted by molar-refractivity contribution is -0.117. The van der Waals surface area contributed by atoms with E-state index < -0.39 is 0 Å². The predicted molar refractivity (Wildman–Crippen MR) is 96.7 cm³/mol. The third-order valence-electron chi connectivity index (χ3n) is 3.23. The van der Waals surface area contributed by atoms with Crippen molar-refractivity contribution >= 4 is 27.5 Å². The Kier molecular flexibility index (Phi) is 6.62. The molecule has 0 aromatic heterocycles. The van der Waals surface area contributed by atoms with Crippen molar-refractivity contribution in [1.29, 1.82) is 0 Å². The van der Waals surface area contributed by atoms with E-state index in [-0.39, 0.29) is 5.91 Å². The van der Waals surface area contributed by atoms with Gasteiger partial charge in [-0.05, 0) is 55.9 Å². The largest absolute Gasteiger partial charge is 0.494 e. The molecule has 0 bridgehead atoms. The molecule has 0 saturated carbocycles. The number of rotatable bonds is 7. The number of anilines is 1. The summed E-state index contributed by atoms with van der Waals surface area (Å²) >= 11 is 3.42. The van der Waals surface area contributed by atoms with Crippen LogP contribution in [0.5, 0.6) is 5.75 Å². The lowest BCUT2D eigenvalue weighted by Crippen LogP contribution is -2.29. The predicted octanol–water partition coefficient (Wildman–Crippen LogP) is 3.92. The molecule has 0 fully saturated rings. The molecule has 2 rings (SSSR count). The highest BCUT2D eigenvalue weighted by atomic mass is 79.9. The summed E-state index contributed by atoms with van der Waals surface area (Å²) in [7, 11) is 1.93. The number of hydrogen-bond donors (Lipinski definition) is 1. The molecule has 122 valence electrons. The fraction of sp³-hybridized carbons (Fsp3) is 0.278. The molecular weight excluding hydrogens is 356 g/mol. The first-order chi connectivity index (χ1) is 11.1. The summed E-state index contributed by atoms with van der Waals surface area (Å²) in [6.07, 6.45) is 0. The molecule has 0 unspecified atom stereocenters. The monoisotopic (exact) mass is 376 g/mol. The van der Waals surface area contributed by atoms with E-state index in [1.165, 1.54) is 5.56 Å². The number of carbonyl (C=O) groups excluding carboxylic acids is 1. The van der Waals surface area contributed by atoms with Crippen LogP contribution in [0.2, 0.25) is 0 Å². The quantitative estimate of drug-likeness (QED) is 0.795. The highest BCUT2D eigenvalue weighted by Crippen LogP contribution is 2.16. The number of ether oxygens (including phenoxy) is 1. The SMILES string of the molecule is CCOc1ccc(NC(=O)CN(C)Cc2ccc(Br)cc2)cc1. The highest BCUT2D eigenvalue weighted by Gasteiger charge is 2.08. The van der Waals surface area contributed by atoms with Crippen molar-refractivity contribution in [2.45, 2.75) is 13.5 Å². The van der Waals surface area contributed by atoms with E-state index in [1.54, 1.807) is 0 Å². The van der Waals surface area contributed by atoms with E-state index in [4.69, 9.17) is 4.74 Å². The second kappa shape index (κ2) is 8.70. The minimum Gasteiger partial charge on any atom is -0.494 e. The average molecular weight is 377 g/mol. The summed E-state index contributed by atoms with van der Waals surface area (Å²) in [6.45, 7) is 3.64. The Morgan fingerprint density at radius 2 is 1.78 bits per heavy atom. The molecule has 0 saturated heterocycles. The van der Waals surface area contributed by atoms with Crippen LogP contribution in [0, 0.1) is 0 Å². The van der Waals surface area contributed by atoms with Crippen molar-refractivity contribution in [2.24, 2.45) is 0 Å². The number of amides is 1. The third-order valence-corrected chi connectivity index (χ3v) is 3.76. The summed E-state index contributed by atoms with van der Waals surface area (Å²) in [5, 5.41) is 2.89. The normalized spacial score (nSPS) is 10.6. The zero-order valence-electron chi connectivity index (χ0n) is 13.4. The molecule has 0 aliphatic heterocycles. The highest BCUT2D eigenvalue weighted by molar-refractivity contribution is 9.10.